The quantitative estimate of drug-likeness (QED) is 0.463. The molecule has 1 aliphatic heterocycles. The molecule has 1 aromatic heterocycles. The average molecular weight is 498 g/mol. The van der Waals surface area contributed by atoms with Crippen LogP contribution in [0.15, 0.2) is 33.6 Å². The maximum atomic E-state index is 13.7. The highest BCUT2D eigenvalue weighted by molar-refractivity contribution is 7.93. The number of fused-ring (bicyclic) bond motifs is 1. The molecule has 0 spiro atoms. The van der Waals surface area contributed by atoms with Crippen LogP contribution in [-0.4, -0.2) is 45.4 Å². The summed E-state index contributed by atoms with van der Waals surface area (Å²) in [5.41, 5.74) is 4.75. The summed E-state index contributed by atoms with van der Waals surface area (Å²) in [6, 6.07) is 7.64. The Morgan fingerprint density at radius 2 is 1.66 bits per heavy atom. The van der Waals surface area contributed by atoms with E-state index in [0.29, 0.717) is 35.3 Å². The number of sulfonamides is 1. The van der Waals surface area contributed by atoms with E-state index in [4.69, 9.17) is 4.42 Å². The molecule has 1 N–H and O–H groups in total. The molecule has 8 heteroatoms. The van der Waals surface area contributed by atoms with Gasteiger partial charge in [0.25, 0.3) is 15.9 Å². The van der Waals surface area contributed by atoms with Crippen molar-refractivity contribution in [2.75, 3.05) is 35.8 Å². The van der Waals surface area contributed by atoms with Crippen LogP contribution < -0.4 is 9.62 Å². The second-order valence-corrected chi connectivity index (χ2v) is 11.0. The Morgan fingerprint density at radius 3 is 2.26 bits per heavy atom. The normalized spacial score (nSPS) is 14.1. The number of anilines is 2. The van der Waals surface area contributed by atoms with E-state index < -0.39 is 10.0 Å². The highest BCUT2D eigenvalue weighted by atomic mass is 32.2. The zero-order valence-corrected chi connectivity index (χ0v) is 22.3. The Hall–Kier alpha value is -3.00. The van der Waals surface area contributed by atoms with Crippen LogP contribution in [0.3, 0.4) is 0 Å². The van der Waals surface area contributed by atoms with E-state index in [1.807, 2.05) is 39.0 Å². The second kappa shape index (κ2) is 9.57. The van der Waals surface area contributed by atoms with Gasteiger partial charge in [-0.15, -0.1) is 0 Å². The first-order valence-electron chi connectivity index (χ1n) is 12.3. The van der Waals surface area contributed by atoms with E-state index in [0.717, 1.165) is 42.7 Å². The van der Waals surface area contributed by atoms with Crippen LogP contribution >= 0.6 is 0 Å². The monoisotopic (exact) mass is 497 g/mol. The number of aryl methyl sites for hydroxylation is 3. The van der Waals surface area contributed by atoms with E-state index in [1.165, 1.54) is 0 Å². The van der Waals surface area contributed by atoms with Crippen LogP contribution in [-0.2, 0) is 10.0 Å². The van der Waals surface area contributed by atoms with Gasteiger partial charge in [0.1, 0.15) is 4.90 Å². The van der Waals surface area contributed by atoms with Gasteiger partial charge < -0.3 is 14.2 Å². The minimum absolute atomic E-state index is 0.0864. The Morgan fingerprint density at radius 1 is 1.00 bits per heavy atom. The lowest BCUT2D eigenvalue weighted by Gasteiger charge is -2.22. The molecule has 188 valence electrons. The van der Waals surface area contributed by atoms with Gasteiger partial charge in [-0.2, -0.15) is 0 Å². The molecule has 2 aromatic carbocycles. The van der Waals surface area contributed by atoms with Crippen molar-refractivity contribution in [1.82, 2.24) is 4.90 Å². The first kappa shape index (κ1) is 25.1. The van der Waals surface area contributed by atoms with Crippen molar-refractivity contribution < 1.29 is 17.6 Å². The van der Waals surface area contributed by atoms with Gasteiger partial charge in [0.2, 0.25) is 0 Å². The molecule has 1 saturated heterocycles. The van der Waals surface area contributed by atoms with Crippen LogP contribution in [0.5, 0.6) is 0 Å². The number of nitrogens with one attached hydrogen (secondary N) is 1. The second-order valence-electron chi connectivity index (χ2n) is 9.36. The number of benzene rings is 2. The molecule has 2 heterocycles. The molecule has 4 rings (SSSR count). The topological polar surface area (TPSA) is 82.9 Å². The van der Waals surface area contributed by atoms with Crippen molar-refractivity contribution in [3.8, 4) is 0 Å². The molecule has 1 fully saturated rings. The molecular formula is C27H35N3O4S. The molecule has 0 radical (unpaired) electrons. The predicted molar refractivity (Wildman–Crippen MR) is 141 cm³/mol. The van der Waals surface area contributed by atoms with Crippen LogP contribution in [0.2, 0.25) is 0 Å². The molecule has 0 atom stereocenters. The number of amides is 1. The molecule has 7 nitrogen and oxygen atoms in total. The van der Waals surface area contributed by atoms with Crippen LogP contribution in [0, 0.1) is 27.7 Å². The van der Waals surface area contributed by atoms with Crippen molar-refractivity contribution in [3.05, 3.63) is 52.3 Å². The summed E-state index contributed by atoms with van der Waals surface area (Å²) in [5, 5.41) is 0.657. The largest absolute Gasteiger partial charge is 0.449 e. The lowest BCUT2D eigenvalue weighted by atomic mass is 10.0. The smallest absolute Gasteiger partial charge is 0.289 e. The third-order valence-corrected chi connectivity index (χ3v) is 8.65. The molecule has 0 bridgehead atoms. The molecule has 0 aliphatic carbocycles. The minimum atomic E-state index is -3.99. The number of carbonyl (C=O) groups is 1. The van der Waals surface area contributed by atoms with Gasteiger partial charge in [-0.1, -0.05) is 0 Å². The highest BCUT2D eigenvalue weighted by Gasteiger charge is 2.30. The van der Waals surface area contributed by atoms with Gasteiger partial charge in [-0.05, 0) is 95.3 Å². The standard InChI is InChI=1S/C27H35N3O4S/c1-7-29(8-2)21-11-12-23(18(4)15-21)28-35(32,33)26-19(5)17(3)16-22-20(6)24(34-25(22)26)27(31)30-13-9-10-14-30/h11-12,15-16,28H,7-10,13-14H2,1-6H3. The number of carbonyl (C=O) groups excluding carboxylic acids is 1. The lowest BCUT2D eigenvalue weighted by molar-refractivity contribution is 0.0762. The van der Waals surface area contributed by atoms with Crippen molar-refractivity contribution in [2.24, 2.45) is 0 Å². The molecule has 1 aliphatic rings. The zero-order valence-electron chi connectivity index (χ0n) is 21.5. The number of furan rings is 1. The SMILES string of the molecule is CCN(CC)c1ccc(NS(=O)(=O)c2c(C)c(C)cc3c(C)c(C(=O)N4CCCC4)oc23)c(C)c1. The summed E-state index contributed by atoms with van der Waals surface area (Å²) in [4.78, 5) is 17.2. The molecule has 35 heavy (non-hydrogen) atoms. The number of hydrogen-bond acceptors (Lipinski definition) is 5. The van der Waals surface area contributed by atoms with Gasteiger partial charge in [0.05, 0.1) is 5.69 Å². The maximum Gasteiger partial charge on any atom is 0.289 e. The third kappa shape index (κ3) is 4.51. The fourth-order valence-electron chi connectivity index (χ4n) is 4.88. The number of hydrogen-bond donors (Lipinski definition) is 1. The van der Waals surface area contributed by atoms with Gasteiger partial charge in [0, 0.05) is 42.8 Å². The Bertz CT molecular complexity index is 1380. The number of rotatable bonds is 7. The highest BCUT2D eigenvalue weighted by Crippen LogP contribution is 2.37. The average Bonchev–Trinajstić information content (AvgIpc) is 3.45. The van der Waals surface area contributed by atoms with E-state index in [-0.39, 0.29) is 22.1 Å². The van der Waals surface area contributed by atoms with E-state index in [1.54, 1.807) is 17.9 Å². The van der Waals surface area contributed by atoms with Crippen molar-refractivity contribution in [3.63, 3.8) is 0 Å². The van der Waals surface area contributed by atoms with Crippen LogP contribution in [0.25, 0.3) is 11.0 Å². The number of likely N-dealkylation sites (tertiary alicyclic amines) is 1. The Balaban J connectivity index is 1.79. The van der Waals surface area contributed by atoms with E-state index in [2.05, 4.69) is 23.5 Å². The Kier molecular flexibility index (Phi) is 6.86. The summed E-state index contributed by atoms with van der Waals surface area (Å²) in [5.74, 6) is 0.0498. The van der Waals surface area contributed by atoms with Gasteiger partial charge >= 0.3 is 0 Å². The fourth-order valence-corrected chi connectivity index (χ4v) is 6.46. The lowest BCUT2D eigenvalue weighted by Crippen LogP contribution is -2.27. The van der Waals surface area contributed by atoms with Crippen LogP contribution in [0.1, 0.15) is 59.5 Å². The van der Waals surface area contributed by atoms with Crippen molar-refractivity contribution >= 4 is 38.3 Å². The minimum Gasteiger partial charge on any atom is -0.449 e. The zero-order chi connectivity index (χ0) is 25.5. The molecule has 3 aromatic rings. The van der Waals surface area contributed by atoms with Gasteiger partial charge in [-0.3, -0.25) is 9.52 Å². The summed E-state index contributed by atoms with van der Waals surface area (Å²) in [6.07, 6.45) is 1.94. The molecule has 0 unspecified atom stereocenters. The van der Waals surface area contributed by atoms with E-state index in [9.17, 15) is 13.2 Å². The summed E-state index contributed by atoms with van der Waals surface area (Å²) < 4.78 is 36.3. The third-order valence-electron chi connectivity index (χ3n) is 7.13. The summed E-state index contributed by atoms with van der Waals surface area (Å²) in [7, 11) is -3.99. The summed E-state index contributed by atoms with van der Waals surface area (Å²) in [6.45, 7) is 14.7. The summed E-state index contributed by atoms with van der Waals surface area (Å²) >= 11 is 0. The van der Waals surface area contributed by atoms with Gasteiger partial charge in [0.15, 0.2) is 11.3 Å². The van der Waals surface area contributed by atoms with Crippen molar-refractivity contribution in [2.45, 2.75) is 59.3 Å². The maximum absolute atomic E-state index is 13.7. The Labute approximate surface area is 208 Å². The van der Waals surface area contributed by atoms with Gasteiger partial charge in [-0.25, -0.2) is 8.42 Å². The molecule has 1 amide bonds. The van der Waals surface area contributed by atoms with Crippen LogP contribution in [0.4, 0.5) is 11.4 Å². The fraction of sp³-hybridized carbons (Fsp3) is 0.444. The number of nitrogens with zero attached hydrogens (tertiary/aromatic N) is 2. The van der Waals surface area contributed by atoms with E-state index >= 15 is 0 Å². The predicted octanol–water partition coefficient (Wildman–Crippen LogP) is 5.55. The first-order chi connectivity index (χ1) is 16.6. The molecular weight excluding hydrogens is 462 g/mol. The first-order valence-corrected chi connectivity index (χ1v) is 13.8. The van der Waals surface area contributed by atoms with Crippen molar-refractivity contribution in [1.29, 1.82) is 0 Å². The molecule has 0 saturated carbocycles.